The summed E-state index contributed by atoms with van der Waals surface area (Å²) in [6.45, 7) is 17.5. The zero-order chi connectivity index (χ0) is 84.4. The summed E-state index contributed by atoms with van der Waals surface area (Å²) in [5.41, 5.74) is 7.33. The predicted octanol–water partition coefficient (Wildman–Crippen LogP) is 0.346. The molecule has 0 radical (unpaired) electrons. The number of hydrogen-bond acceptors (Lipinski definition) is 19. The van der Waals surface area contributed by atoms with Crippen molar-refractivity contribution in [3.63, 3.8) is 0 Å². The normalized spacial score (nSPS) is 23.0. The van der Waals surface area contributed by atoms with E-state index in [1.54, 1.807) is 123 Å². The zero-order valence-electron chi connectivity index (χ0n) is 66.2. The number of para-hydroxylation sites is 2. The van der Waals surface area contributed by atoms with Gasteiger partial charge >= 0.3 is 11.9 Å². The highest BCUT2D eigenvalue weighted by molar-refractivity contribution is 6.01. The number of carbonyl (C=O) groups excluding carboxylic acids is 14. The van der Waals surface area contributed by atoms with E-state index in [1.165, 1.54) is 26.4 Å². The van der Waals surface area contributed by atoms with E-state index in [9.17, 15) is 82.4 Å². The molecule has 0 aliphatic carbocycles. The van der Waals surface area contributed by atoms with Crippen LogP contribution in [0.4, 0.5) is 0 Å². The van der Waals surface area contributed by atoms with E-state index in [4.69, 9.17) is 5.73 Å². The van der Waals surface area contributed by atoms with Crippen LogP contribution in [0.2, 0.25) is 0 Å². The van der Waals surface area contributed by atoms with Gasteiger partial charge in [-0.05, 0) is 108 Å². The third kappa shape index (κ3) is 29.0. The number of nitrogens with two attached hydrogens (primary N) is 1. The van der Waals surface area contributed by atoms with Crippen molar-refractivity contribution in [1.29, 1.82) is 0 Å². The topological polar surface area (TPSA) is 564 Å². The molecule has 36 heteroatoms. The number of Topliss-reactive ketones (excluding diaryl/α,β-unsaturated/α-hetero) is 2. The maximum absolute atomic E-state index is 15.1. The van der Waals surface area contributed by atoms with Crippen LogP contribution in [0.1, 0.15) is 170 Å². The summed E-state index contributed by atoms with van der Waals surface area (Å²) < 4.78 is 0. The molecule has 0 spiro atoms. The highest BCUT2D eigenvalue weighted by Gasteiger charge is 2.39. The van der Waals surface area contributed by atoms with Gasteiger partial charge in [0, 0.05) is 103 Å². The van der Waals surface area contributed by atoms with Gasteiger partial charge in [0.1, 0.15) is 66.2 Å². The second-order valence-corrected chi connectivity index (χ2v) is 31.2. The molecular formula is C78H111N17O19. The molecule has 622 valence electrons. The van der Waals surface area contributed by atoms with Crippen molar-refractivity contribution < 1.29 is 92.0 Å². The molecule has 5 aromatic rings. The van der Waals surface area contributed by atoms with Gasteiger partial charge in [0.2, 0.25) is 70.9 Å². The number of hydrogen-bond donors (Lipinski definition) is 19. The summed E-state index contributed by atoms with van der Waals surface area (Å²) in [6.07, 6.45) is -1.33. The Bertz CT molecular complexity index is 4240. The highest BCUT2D eigenvalue weighted by Crippen LogP contribution is 2.23. The first-order valence-corrected chi connectivity index (χ1v) is 38.3. The molecule has 0 saturated carbocycles. The van der Waals surface area contributed by atoms with Crippen molar-refractivity contribution >= 4 is 116 Å². The van der Waals surface area contributed by atoms with Gasteiger partial charge in [-0.15, -0.1) is 0 Å². The minimum absolute atomic E-state index is 0.00619. The van der Waals surface area contributed by atoms with Crippen molar-refractivity contribution in [3.8, 4) is 0 Å². The molecule has 0 bridgehead atoms. The molecule has 12 amide bonds. The van der Waals surface area contributed by atoms with Gasteiger partial charge in [-0.2, -0.15) is 0 Å². The third-order valence-corrected chi connectivity index (χ3v) is 19.0. The Morgan fingerprint density at radius 3 is 1.64 bits per heavy atom. The number of H-pyrrole nitrogens is 3. The lowest BCUT2D eigenvalue weighted by Crippen LogP contribution is -2.61. The van der Waals surface area contributed by atoms with Crippen LogP contribution in [-0.4, -0.2) is 214 Å². The molecule has 1 saturated heterocycles. The number of benzene rings is 2. The van der Waals surface area contributed by atoms with Crippen LogP contribution in [0.25, 0.3) is 21.8 Å². The van der Waals surface area contributed by atoms with Crippen molar-refractivity contribution in [2.75, 3.05) is 0 Å². The van der Waals surface area contributed by atoms with Crippen molar-refractivity contribution in [3.05, 3.63) is 90.3 Å². The Morgan fingerprint density at radius 2 is 1.11 bits per heavy atom. The predicted molar refractivity (Wildman–Crippen MR) is 416 cm³/mol. The van der Waals surface area contributed by atoms with Crippen LogP contribution in [0.15, 0.2) is 73.4 Å². The Labute approximate surface area is 659 Å². The number of carboxylic acids is 2. The van der Waals surface area contributed by atoms with Crippen molar-refractivity contribution in [1.82, 2.24) is 83.7 Å². The lowest BCUT2D eigenvalue weighted by atomic mass is 9.96. The molecular weight excluding hydrogens is 1480 g/mol. The number of aliphatic hydroxyl groups excluding tert-OH is 1. The number of imidazole rings is 1. The first kappa shape index (κ1) is 91.4. The van der Waals surface area contributed by atoms with Gasteiger partial charge < -0.3 is 99.8 Å². The summed E-state index contributed by atoms with van der Waals surface area (Å²) in [5.74, 6) is -17.4. The van der Waals surface area contributed by atoms with Crippen LogP contribution in [-0.2, 0) is 96.0 Å². The molecule has 13 atom stereocenters. The van der Waals surface area contributed by atoms with E-state index < -0.39 is 229 Å². The van der Waals surface area contributed by atoms with E-state index in [0.29, 0.717) is 38.6 Å². The zero-order valence-corrected chi connectivity index (χ0v) is 66.2. The van der Waals surface area contributed by atoms with Gasteiger partial charge in [-0.25, -0.2) is 4.98 Å². The number of nitrogens with zero attached hydrogens (tertiary/aromatic N) is 1. The Kier molecular flexibility index (Phi) is 34.5. The first-order valence-electron chi connectivity index (χ1n) is 38.3. The fourth-order valence-corrected chi connectivity index (χ4v) is 13.1. The molecule has 1 aliphatic heterocycles. The first-order chi connectivity index (χ1) is 53.7. The lowest BCUT2D eigenvalue weighted by Gasteiger charge is -2.29. The summed E-state index contributed by atoms with van der Waals surface area (Å²) in [4.78, 5) is 240. The molecule has 4 heterocycles. The molecule has 36 nitrogen and oxygen atoms in total. The van der Waals surface area contributed by atoms with E-state index in [0.717, 1.165) is 0 Å². The number of primary amides is 1. The van der Waals surface area contributed by atoms with Crippen LogP contribution < -0.4 is 69.5 Å². The highest BCUT2D eigenvalue weighted by atomic mass is 16.4. The number of ketones is 2. The molecule has 2 aromatic carbocycles. The number of aliphatic hydroxyl groups is 1. The average molecular weight is 1590 g/mol. The van der Waals surface area contributed by atoms with Crippen LogP contribution >= 0.6 is 0 Å². The number of aliphatic carboxylic acids is 2. The average Bonchev–Trinajstić information content (AvgIpc) is 1.61. The summed E-state index contributed by atoms with van der Waals surface area (Å²) in [6, 6.07) is -4.77. The fraction of sp³-hybridized carbons (Fsp3) is 0.551. The molecule has 1 fully saturated rings. The molecule has 3 aromatic heterocycles. The molecule has 114 heavy (non-hydrogen) atoms. The SMILES string of the molecule is CC(C)C[C@@H]1NC(=O)[C@H](Cc2cnc[nH]2)NC(=O)[C@H](Cc2c[nH]c3ccccc23)NC(=O)[C@H](C)NC(=O)[C@@H](NC(=O)[C@H](CC(=O)O)NC(C)(C)C)CC(=O)CCCC[C@@H](C(=O)N[C@H](C(N)=O)[C@@H](C)O)NC(=O)[C@H](Cc2c[nH]c3ccccc23)NC(=O)[C@H](C(C)C)NC(=O)[C@H](CC(C)C)NC(=O)[C@H](CCC(=O)O)NC(=O)CCC1=O. The minimum atomic E-state index is -1.82. The Balaban J connectivity index is 1.44. The summed E-state index contributed by atoms with van der Waals surface area (Å²) in [5, 5.41) is 63.1. The third-order valence-electron chi connectivity index (χ3n) is 19.0. The summed E-state index contributed by atoms with van der Waals surface area (Å²) >= 11 is 0. The van der Waals surface area contributed by atoms with Crippen LogP contribution in [0.3, 0.4) is 0 Å². The number of fused-ring (bicyclic) bond motifs is 2. The number of carbonyl (C=O) groups is 16. The van der Waals surface area contributed by atoms with E-state index >= 15 is 9.59 Å². The standard InChI is InChI=1S/C78H111N17O19/c1-39(2)28-54-61(98)25-26-62(99)85-53(24-27-63(100)101)69(106)89-55(29-40(3)4)75(112)93-65(41(5)6)77(114)92-57(31-45-36-82-51-22-17-14-20-49(45)51)72(109)86-52(70(107)94-66(43(8)96)67(79)104)23-15-12-18-47(97)33-59(91-76(113)60(34-64(102)103)95-78(9,10)11)71(108)84-42(7)68(105)88-56(30-44-35-81-50-21-16-13-19-48(44)50)73(110)90-58(74(111)87-54)32-46-37-80-38-83-46/h13-14,16-17,19-22,35-43,52-60,65-66,81-82,95-96H,12,15,18,23-34H2,1-11H3,(H2,79,104)(H,80,83)(H,84,108)(H,85,99)(H,86,109)(H,87,111)(H,88,105)(H,89,106)(H,90,110)(H,91,113)(H,92,114)(H,93,112)(H,94,107)(H,100,101)(H,102,103)/t42-,43+,52-,53-,54-,55-,56-,57-,58-,59-,60-,65-,66-/m0/s1. The monoisotopic (exact) mass is 1590 g/mol. The Morgan fingerprint density at radius 1 is 0.579 bits per heavy atom. The molecule has 1 aliphatic rings. The summed E-state index contributed by atoms with van der Waals surface area (Å²) in [7, 11) is 0. The number of aromatic amines is 3. The van der Waals surface area contributed by atoms with E-state index in [2.05, 4.69) is 83.7 Å². The lowest BCUT2D eigenvalue weighted by molar-refractivity contribution is -0.141. The number of carboxylic acid groups (broad SMARTS) is 2. The second-order valence-electron chi connectivity index (χ2n) is 31.2. The maximum Gasteiger partial charge on any atom is 0.305 e. The molecule has 20 N–H and O–H groups in total. The van der Waals surface area contributed by atoms with Crippen molar-refractivity contribution in [2.45, 2.75) is 257 Å². The fourth-order valence-electron chi connectivity index (χ4n) is 13.1. The van der Waals surface area contributed by atoms with Crippen molar-refractivity contribution in [2.24, 2.45) is 23.5 Å². The maximum atomic E-state index is 15.1. The minimum Gasteiger partial charge on any atom is -0.481 e. The number of rotatable bonds is 23. The van der Waals surface area contributed by atoms with Gasteiger partial charge in [0.25, 0.3) is 0 Å². The van der Waals surface area contributed by atoms with E-state index in [-0.39, 0.29) is 63.2 Å². The molecule has 6 rings (SSSR count). The van der Waals surface area contributed by atoms with Gasteiger partial charge in [-0.3, -0.25) is 76.7 Å². The van der Waals surface area contributed by atoms with Gasteiger partial charge in [0.05, 0.1) is 30.9 Å². The van der Waals surface area contributed by atoms with Gasteiger partial charge in [0.15, 0.2) is 5.78 Å². The van der Waals surface area contributed by atoms with Crippen LogP contribution in [0, 0.1) is 17.8 Å². The number of amides is 12. The smallest absolute Gasteiger partial charge is 0.305 e. The van der Waals surface area contributed by atoms with Gasteiger partial charge in [-0.1, -0.05) is 84.4 Å². The Hall–Kier alpha value is -11.4. The number of aromatic nitrogens is 4. The largest absolute Gasteiger partial charge is 0.481 e. The molecule has 0 unspecified atom stereocenters. The number of nitrogens with one attached hydrogen (secondary N) is 15. The van der Waals surface area contributed by atoms with Crippen LogP contribution in [0.5, 0.6) is 0 Å². The quantitative estimate of drug-likeness (QED) is 0.0419. The second kappa shape index (κ2) is 43.0. The van der Waals surface area contributed by atoms with E-state index in [1.807, 2.05) is 0 Å².